The first kappa shape index (κ1) is 13.3. The number of carbonyl (C=O) groups is 1. The molecule has 0 bridgehead atoms. The molecule has 4 heteroatoms. The molecule has 0 unspecified atom stereocenters. The standard InChI is InChI=1S/C15H18N2O2/c1-10-9-16-19-13(10)14(18)17-12-7-5-11(6-8-12)15(2,3)4/h5-9H,1-4H3,(H,17,18). The predicted molar refractivity (Wildman–Crippen MR) is 74.3 cm³/mol. The summed E-state index contributed by atoms with van der Waals surface area (Å²) in [6.45, 7) is 8.24. The van der Waals surface area contributed by atoms with Gasteiger partial charge in [0.25, 0.3) is 5.91 Å². The molecule has 0 atom stereocenters. The average molecular weight is 258 g/mol. The summed E-state index contributed by atoms with van der Waals surface area (Å²) in [6.07, 6.45) is 1.53. The summed E-state index contributed by atoms with van der Waals surface area (Å²) in [5, 5.41) is 6.39. The molecule has 1 aromatic heterocycles. The van der Waals surface area contributed by atoms with Gasteiger partial charge in [0.1, 0.15) is 0 Å². The molecule has 0 aliphatic rings. The lowest BCUT2D eigenvalue weighted by atomic mass is 9.87. The van der Waals surface area contributed by atoms with Crippen molar-refractivity contribution in [3.63, 3.8) is 0 Å². The van der Waals surface area contributed by atoms with Gasteiger partial charge in [0.05, 0.1) is 6.20 Å². The Bertz CT molecular complexity index is 577. The lowest BCUT2D eigenvalue weighted by Crippen LogP contribution is -2.13. The Hall–Kier alpha value is -2.10. The fourth-order valence-electron chi connectivity index (χ4n) is 1.75. The van der Waals surface area contributed by atoms with Crippen LogP contribution in [0.3, 0.4) is 0 Å². The number of nitrogens with zero attached hydrogens (tertiary/aromatic N) is 1. The van der Waals surface area contributed by atoms with Crippen LogP contribution in [-0.2, 0) is 5.41 Å². The summed E-state index contributed by atoms with van der Waals surface area (Å²) in [5.74, 6) is -0.0293. The van der Waals surface area contributed by atoms with Crippen LogP contribution in [0.1, 0.15) is 42.5 Å². The van der Waals surface area contributed by atoms with Gasteiger partial charge in [0.15, 0.2) is 0 Å². The van der Waals surface area contributed by atoms with Crippen molar-refractivity contribution in [3.05, 3.63) is 47.3 Å². The highest BCUT2D eigenvalue weighted by Gasteiger charge is 2.16. The van der Waals surface area contributed by atoms with Crippen LogP contribution in [0.2, 0.25) is 0 Å². The predicted octanol–water partition coefficient (Wildman–Crippen LogP) is 3.53. The van der Waals surface area contributed by atoms with Gasteiger partial charge in [0.2, 0.25) is 5.76 Å². The molecule has 1 amide bonds. The molecule has 0 fully saturated rings. The molecule has 19 heavy (non-hydrogen) atoms. The third-order valence-electron chi connectivity index (χ3n) is 2.96. The third-order valence-corrected chi connectivity index (χ3v) is 2.96. The van der Waals surface area contributed by atoms with E-state index in [0.29, 0.717) is 0 Å². The van der Waals surface area contributed by atoms with Crippen molar-refractivity contribution >= 4 is 11.6 Å². The molecular formula is C15H18N2O2. The van der Waals surface area contributed by atoms with E-state index in [1.165, 1.54) is 11.8 Å². The molecule has 0 saturated heterocycles. The Morgan fingerprint density at radius 1 is 1.21 bits per heavy atom. The van der Waals surface area contributed by atoms with Crippen LogP contribution in [0.5, 0.6) is 0 Å². The van der Waals surface area contributed by atoms with E-state index in [2.05, 4.69) is 31.2 Å². The maximum absolute atomic E-state index is 11.9. The van der Waals surface area contributed by atoms with E-state index in [9.17, 15) is 4.79 Å². The maximum atomic E-state index is 11.9. The van der Waals surface area contributed by atoms with Crippen LogP contribution >= 0.6 is 0 Å². The maximum Gasteiger partial charge on any atom is 0.294 e. The van der Waals surface area contributed by atoms with Crippen LogP contribution in [0, 0.1) is 6.92 Å². The van der Waals surface area contributed by atoms with E-state index in [1.807, 2.05) is 24.3 Å². The quantitative estimate of drug-likeness (QED) is 0.896. The molecule has 0 spiro atoms. The number of nitrogens with one attached hydrogen (secondary N) is 1. The lowest BCUT2D eigenvalue weighted by Gasteiger charge is -2.19. The van der Waals surface area contributed by atoms with E-state index in [4.69, 9.17) is 4.52 Å². The fraction of sp³-hybridized carbons (Fsp3) is 0.333. The topological polar surface area (TPSA) is 55.1 Å². The first-order valence-electron chi connectivity index (χ1n) is 6.21. The minimum Gasteiger partial charge on any atom is -0.351 e. The normalized spacial score (nSPS) is 11.4. The van der Waals surface area contributed by atoms with Crippen LogP contribution in [-0.4, -0.2) is 11.1 Å². The number of aromatic nitrogens is 1. The second-order valence-electron chi connectivity index (χ2n) is 5.62. The van der Waals surface area contributed by atoms with Gasteiger partial charge < -0.3 is 9.84 Å². The zero-order valence-electron chi connectivity index (χ0n) is 11.7. The molecule has 1 heterocycles. The van der Waals surface area contributed by atoms with Gasteiger partial charge in [-0.05, 0) is 30.0 Å². The minimum absolute atomic E-state index is 0.101. The molecule has 0 aliphatic heterocycles. The van der Waals surface area contributed by atoms with Crippen molar-refractivity contribution in [3.8, 4) is 0 Å². The highest BCUT2D eigenvalue weighted by molar-refractivity contribution is 6.03. The Morgan fingerprint density at radius 3 is 2.32 bits per heavy atom. The van der Waals surface area contributed by atoms with Gasteiger partial charge >= 0.3 is 0 Å². The van der Waals surface area contributed by atoms with E-state index >= 15 is 0 Å². The second-order valence-corrected chi connectivity index (χ2v) is 5.62. The highest BCUT2D eigenvalue weighted by Crippen LogP contribution is 2.23. The van der Waals surface area contributed by atoms with Crippen LogP contribution in [0.4, 0.5) is 5.69 Å². The molecule has 2 aromatic rings. The molecule has 0 saturated carbocycles. The van der Waals surface area contributed by atoms with Gasteiger partial charge in [-0.25, -0.2) is 0 Å². The molecule has 1 N–H and O–H groups in total. The number of rotatable bonds is 2. The molecular weight excluding hydrogens is 240 g/mol. The second kappa shape index (κ2) is 4.88. The average Bonchev–Trinajstić information content (AvgIpc) is 2.75. The summed E-state index contributed by atoms with van der Waals surface area (Å²) < 4.78 is 4.91. The molecule has 2 rings (SSSR count). The van der Waals surface area contributed by atoms with E-state index in [-0.39, 0.29) is 17.1 Å². The van der Waals surface area contributed by atoms with Crippen LogP contribution in [0.15, 0.2) is 35.0 Å². The summed E-state index contributed by atoms with van der Waals surface area (Å²) in [7, 11) is 0. The first-order chi connectivity index (χ1) is 8.88. The van der Waals surface area contributed by atoms with Crippen LogP contribution in [0.25, 0.3) is 0 Å². The van der Waals surface area contributed by atoms with Crippen molar-refractivity contribution in [2.45, 2.75) is 33.1 Å². The summed E-state index contributed by atoms with van der Waals surface area (Å²) >= 11 is 0. The van der Waals surface area contributed by atoms with Gasteiger partial charge in [-0.15, -0.1) is 0 Å². The Labute approximate surface area is 112 Å². The van der Waals surface area contributed by atoms with Crippen molar-refractivity contribution < 1.29 is 9.32 Å². The van der Waals surface area contributed by atoms with E-state index < -0.39 is 0 Å². The molecule has 0 aliphatic carbocycles. The van der Waals surface area contributed by atoms with Gasteiger partial charge in [-0.2, -0.15) is 0 Å². The number of hydrogen-bond donors (Lipinski definition) is 1. The van der Waals surface area contributed by atoms with Gasteiger partial charge in [-0.3, -0.25) is 4.79 Å². The largest absolute Gasteiger partial charge is 0.351 e. The number of aryl methyl sites for hydroxylation is 1. The molecule has 100 valence electrons. The van der Waals surface area contributed by atoms with E-state index in [1.54, 1.807) is 6.92 Å². The number of carbonyl (C=O) groups excluding carboxylic acids is 1. The minimum atomic E-state index is -0.279. The van der Waals surface area contributed by atoms with Gasteiger partial charge in [0, 0.05) is 11.3 Å². The Morgan fingerprint density at radius 2 is 1.84 bits per heavy atom. The zero-order chi connectivity index (χ0) is 14.0. The van der Waals surface area contributed by atoms with Gasteiger partial charge in [-0.1, -0.05) is 38.1 Å². The molecule has 1 aromatic carbocycles. The van der Waals surface area contributed by atoms with Crippen molar-refractivity contribution in [2.75, 3.05) is 5.32 Å². The van der Waals surface area contributed by atoms with Crippen LogP contribution < -0.4 is 5.32 Å². The smallest absolute Gasteiger partial charge is 0.294 e. The van der Waals surface area contributed by atoms with Crippen molar-refractivity contribution in [1.29, 1.82) is 0 Å². The highest BCUT2D eigenvalue weighted by atomic mass is 16.5. The lowest BCUT2D eigenvalue weighted by molar-refractivity contribution is 0.0987. The number of hydrogen-bond acceptors (Lipinski definition) is 3. The summed E-state index contributed by atoms with van der Waals surface area (Å²) in [6, 6.07) is 7.82. The first-order valence-corrected chi connectivity index (χ1v) is 6.21. The van der Waals surface area contributed by atoms with E-state index in [0.717, 1.165) is 11.3 Å². The monoisotopic (exact) mass is 258 g/mol. The number of anilines is 1. The zero-order valence-corrected chi connectivity index (χ0v) is 11.7. The molecule has 4 nitrogen and oxygen atoms in total. The fourth-order valence-corrected chi connectivity index (χ4v) is 1.75. The summed E-state index contributed by atoms with van der Waals surface area (Å²) in [5.41, 5.74) is 2.79. The van der Waals surface area contributed by atoms with Crippen molar-refractivity contribution in [1.82, 2.24) is 5.16 Å². The van der Waals surface area contributed by atoms with Crippen molar-refractivity contribution in [2.24, 2.45) is 0 Å². The molecule has 0 radical (unpaired) electrons. The summed E-state index contributed by atoms with van der Waals surface area (Å²) in [4.78, 5) is 11.9. The SMILES string of the molecule is Cc1cnoc1C(=O)Nc1ccc(C(C)(C)C)cc1. The number of amides is 1. The Kier molecular flexibility index (Phi) is 3.42. The third kappa shape index (κ3) is 3.02. The Balaban J connectivity index is 2.12. The number of benzene rings is 1.